The first-order valence-electron chi connectivity index (χ1n) is 4.92. The molecule has 1 aliphatic heterocycles. The second-order valence-corrected chi connectivity index (χ2v) is 3.92. The maximum Gasteiger partial charge on any atom is 0.219 e. The molecule has 0 radical (unpaired) electrons. The summed E-state index contributed by atoms with van der Waals surface area (Å²) in [7, 11) is 0. The van der Waals surface area contributed by atoms with E-state index in [1.54, 1.807) is 6.92 Å². The van der Waals surface area contributed by atoms with Gasteiger partial charge in [0, 0.05) is 19.5 Å². The molecule has 12 heavy (non-hydrogen) atoms. The summed E-state index contributed by atoms with van der Waals surface area (Å²) in [6, 6.07) is 0.513. The zero-order valence-electron chi connectivity index (χ0n) is 8.34. The van der Waals surface area contributed by atoms with E-state index in [-0.39, 0.29) is 5.91 Å². The average Bonchev–Trinajstić information content (AvgIpc) is 2.04. The Morgan fingerprint density at radius 1 is 1.50 bits per heavy atom. The Hall–Kier alpha value is -0.530. The zero-order valence-corrected chi connectivity index (χ0v) is 8.34. The molecule has 2 heteroatoms. The van der Waals surface area contributed by atoms with Gasteiger partial charge in [0.05, 0.1) is 0 Å². The summed E-state index contributed by atoms with van der Waals surface area (Å²) >= 11 is 0. The van der Waals surface area contributed by atoms with Gasteiger partial charge in [0.25, 0.3) is 0 Å². The van der Waals surface area contributed by atoms with Gasteiger partial charge in [-0.25, -0.2) is 0 Å². The molecule has 0 saturated carbocycles. The molecule has 2 unspecified atom stereocenters. The fourth-order valence-electron chi connectivity index (χ4n) is 2.02. The van der Waals surface area contributed by atoms with Crippen LogP contribution in [-0.4, -0.2) is 23.4 Å². The van der Waals surface area contributed by atoms with Gasteiger partial charge in [-0.2, -0.15) is 0 Å². The molecule has 1 amide bonds. The van der Waals surface area contributed by atoms with E-state index >= 15 is 0 Å². The number of piperidine rings is 1. The molecular weight excluding hydrogens is 150 g/mol. The van der Waals surface area contributed by atoms with Crippen molar-refractivity contribution in [2.24, 2.45) is 5.92 Å². The highest BCUT2D eigenvalue weighted by atomic mass is 16.2. The van der Waals surface area contributed by atoms with E-state index in [9.17, 15) is 4.79 Å². The third kappa shape index (κ3) is 1.99. The lowest BCUT2D eigenvalue weighted by Gasteiger charge is -2.37. The molecule has 1 aliphatic rings. The monoisotopic (exact) mass is 169 g/mol. The maximum absolute atomic E-state index is 11.2. The molecular formula is C10H19NO. The van der Waals surface area contributed by atoms with Gasteiger partial charge >= 0.3 is 0 Å². The van der Waals surface area contributed by atoms with E-state index in [0.717, 1.165) is 13.0 Å². The highest BCUT2D eigenvalue weighted by molar-refractivity contribution is 5.73. The Morgan fingerprint density at radius 2 is 2.17 bits per heavy atom. The SMILES string of the molecule is CCC1CCC(C)CN1C(C)=O. The Bertz CT molecular complexity index is 167. The van der Waals surface area contributed by atoms with Crippen molar-refractivity contribution >= 4 is 5.91 Å². The number of carbonyl (C=O) groups excluding carboxylic acids is 1. The van der Waals surface area contributed by atoms with Gasteiger partial charge in [-0.15, -0.1) is 0 Å². The minimum absolute atomic E-state index is 0.244. The van der Waals surface area contributed by atoms with Crippen LogP contribution in [0.1, 0.15) is 40.0 Å². The lowest BCUT2D eigenvalue weighted by Crippen LogP contribution is -2.45. The maximum atomic E-state index is 11.2. The van der Waals surface area contributed by atoms with Gasteiger partial charge in [0.15, 0.2) is 0 Å². The number of likely N-dealkylation sites (tertiary alicyclic amines) is 1. The third-order valence-corrected chi connectivity index (χ3v) is 2.82. The van der Waals surface area contributed by atoms with E-state index in [4.69, 9.17) is 0 Å². The number of nitrogens with zero attached hydrogens (tertiary/aromatic N) is 1. The average molecular weight is 169 g/mol. The molecule has 0 aromatic rings. The van der Waals surface area contributed by atoms with E-state index in [1.165, 1.54) is 12.8 Å². The molecule has 0 aromatic carbocycles. The zero-order chi connectivity index (χ0) is 9.14. The van der Waals surface area contributed by atoms with Crippen LogP contribution in [0.5, 0.6) is 0 Å². The summed E-state index contributed by atoms with van der Waals surface area (Å²) in [6.07, 6.45) is 3.58. The van der Waals surface area contributed by atoms with E-state index < -0.39 is 0 Å². The van der Waals surface area contributed by atoms with Gasteiger partial charge in [-0.05, 0) is 25.2 Å². The summed E-state index contributed by atoms with van der Waals surface area (Å²) < 4.78 is 0. The van der Waals surface area contributed by atoms with Crippen LogP contribution in [0, 0.1) is 5.92 Å². The number of amides is 1. The molecule has 0 spiro atoms. The van der Waals surface area contributed by atoms with Crippen LogP contribution in [0.15, 0.2) is 0 Å². The van der Waals surface area contributed by atoms with Crippen LogP contribution < -0.4 is 0 Å². The predicted molar refractivity (Wildman–Crippen MR) is 49.9 cm³/mol. The molecule has 2 atom stereocenters. The van der Waals surface area contributed by atoms with Gasteiger partial charge in [-0.1, -0.05) is 13.8 Å². The molecule has 70 valence electrons. The Morgan fingerprint density at radius 3 is 2.67 bits per heavy atom. The largest absolute Gasteiger partial charge is 0.340 e. The molecule has 1 heterocycles. The standard InChI is InChI=1S/C10H19NO/c1-4-10-6-5-8(2)7-11(10)9(3)12/h8,10H,4-7H2,1-3H3. The summed E-state index contributed by atoms with van der Waals surface area (Å²) in [6.45, 7) is 7.03. The number of hydrogen-bond donors (Lipinski definition) is 0. The van der Waals surface area contributed by atoms with Crippen molar-refractivity contribution < 1.29 is 4.79 Å². The molecule has 1 fully saturated rings. The van der Waals surface area contributed by atoms with Crippen molar-refractivity contribution in [3.05, 3.63) is 0 Å². The van der Waals surface area contributed by atoms with Crippen LogP contribution in [0.2, 0.25) is 0 Å². The second-order valence-electron chi connectivity index (χ2n) is 3.92. The minimum Gasteiger partial charge on any atom is -0.340 e. The number of hydrogen-bond acceptors (Lipinski definition) is 1. The predicted octanol–water partition coefficient (Wildman–Crippen LogP) is 2.04. The van der Waals surface area contributed by atoms with Crippen molar-refractivity contribution in [1.82, 2.24) is 4.90 Å². The van der Waals surface area contributed by atoms with E-state index in [2.05, 4.69) is 13.8 Å². The first-order valence-corrected chi connectivity index (χ1v) is 4.92. The summed E-state index contributed by atoms with van der Waals surface area (Å²) in [4.78, 5) is 13.3. The fraction of sp³-hybridized carbons (Fsp3) is 0.900. The van der Waals surface area contributed by atoms with Crippen LogP contribution in [0.4, 0.5) is 0 Å². The van der Waals surface area contributed by atoms with Gasteiger partial charge < -0.3 is 4.90 Å². The van der Waals surface area contributed by atoms with Crippen molar-refractivity contribution in [3.63, 3.8) is 0 Å². The summed E-state index contributed by atoms with van der Waals surface area (Å²) in [5.74, 6) is 0.935. The molecule has 0 bridgehead atoms. The normalized spacial score (nSPS) is 30.4. The summed E-state index contributed by atoms with van der Waals surface area (Å²) in [5, 5.41) is 0. The van der Waals surface area contributed by atoms with E-state index in [0.29, 0.717) is 12.0 Å². The quantitative estimate of drug-likeness (QED) is 0.588. The van der Waals surface area contributed by atoms with Crippen molar-refractivity contribution in [2.45, 2.75) is 46.1 Å². The van der Waals surface area contributed by atoms with Crippen LogP contribution in [0.25, 0.3) is 0 Å². The Labute approximate surface area is 74.9 Å². The van der Waals surface area contributed by atoms with Gasteiger partial charge in [-0.3, -0.25) is 4.79 Å². The van der Waals surface area contributed by atoms with Crippen LogP contribution >= 0.6 is 0 Å². The molecule has 2 nitrogen and oxygen atoms in total. The first kappa shape index (κ1) is 9.56. The summed E-state index contributed by atoms with van der Waals surface area (Å²) in [5.41, 5.74) is 0. The lowest BCUT2D eigenvalue weighted by atomic mass is 9.93. The van der Waals surface area contributed by atoms with Crippen molar-refractivity contribution in [1.29, 1.82) is 0 Å². The number of rotatable bonds is 1. The Balaban J connectivity index is 2.58. The van der Waals surface area contributed by atoms with Crippen molar-refractivity contribution in [2.75, 3.05) is 6.54 Å². The number of carbonyl (C=O) groups is 1. The van der Waals surface area contributed by atoms with Crippen LogP contribution in [0.3, 0.4) is 0 Å². The van der Waals surface area contributed by atoms with Crippen LogP contribution in [-0.2, 0) is 4.79 Å². The molecule has 1 saturated heterocycles. The third-order valence-electron chi connectivity index (χ3n) is 2.82. The second kappa shape index (κ2) is 3.92. The highest BCUT2D eigenvalue weighted by Gasteiger charge is 2.26. The minimum atomic E-state index is 0.244. The van der Waals surface area contributed by atoms with Crippen molar-refractivity contribution in [3.8, 4) is 0 Å². The van der Waals surface area contributed by atoms with Gasteiger partial charge in [0.1, 0.15) is 0 Å². The fourth-order valence-corrected chi connectivity index (χ4v) is 2.02. The van der Waals surface area contributed by atoms with Gasteiger partial charge in [0.2, 0.25) is 5.91 Å². The van der Waals surface area contributed by atoms with E-state index in [1.807, 2.05) is 4.90 Å². The smallest absolute Gasteiger partial charge is 0.219 e. The molecule has 0 aromatic heterocycles. The topological polar surface area (TPSA) is 20.3 Å². The molecule has 0 aliphatic carbocycles. The first-order chi connectivity index (χ1) is 5.65. The molecule has 1 rings (SSSR count). The highest BCUT2D eigenvalue weighted by Crippen LogP contribution is 2.23. The lowest BCUT2D eigenvalue weighted by molar-refractivity contribution is -0.133. The Kier molecular flexibility index (Phi) is 3.12. The molecule has 0 N–H and O–H groups in total.